The fourth-order valence-electron chi connectivity index (χ4n) is 2.88. The third kappa shape index (κ3) is 6.56. The Morgan fingerprint density at radius 1 is 1.22 bits per heavy atom. The second-order valence-corrected chi connectivity index (χ2v) is 6.21. The lowest BCUT2D eigenvalue weighted by molar-refractivity contribution is -0.143. The molecule has 0 radical (unpaired) electrons. The summed E-state index contributed by atoms with van der Waals surface area (Å²) in [7, 11) is 1.40. The van der Waals surface area contributed by atoms with Crippen molar-refractivity contribution >= 4 is 5.96 Å². The van der Waals surface area contributed by atoms with Gasteiger partial charge in [0.2, 0.25) is 0 Å². The summed E-state index contributed by atoms with van der Waals surface area (Å²) in [5, 5.41) is 5.58. The molecule has 0 saturated carbocycles. The first-order chi connectivity index (χ1) is 12.5. The maximum absolute atomic E-state index is 13.1. The van der Waals surface area contributed by atoms with Crippen molar-refractivity contribution in [1.82, 2.24) is 15.5 Å². The molecule has 0 aliphatic carbocycles. The van der Waals surface area contributed by atoms with Crippen LogP contribution in [0.5, 0.6) is 0 Å². The number of nitrogens with zero attached hydrogens (tertiary/aromatic N) is 2. The van der Waals surface area contributed by atoms with Gasteiger partial charge in [0.25, 0.3) is 0 Å². The van der Waals surface area contributed by atoms with Gasteiger partial charge in [-0.3, -0.25) is 9.89 Å². The van der Waals surface area contributed by atoms with Crippen LogP contribution in [0.4, 0.5) is 30.7 Å². The van der Waals surface area contributed by atoms with E-state index in [9.17, 15) is 30.7 Å². The Kier molecular flexibility index (Phi) is 6.55. The Morgan fingerprint density at radius 3 is 2.52 bits per heavy atom. The van der Waals surface area contributed by atoms with Crippen molar-refractivity contribution in [2.24, 2.45) is 4.99 Å². The number of rotatable bonds is 4. The molecule has 27 heavy (non-hydrogen) atoms. The first-order valence-corrected chi connectivity index (χ1v) is 8.10. The molecule has 2 N–H and O–H groups in total. The van der Waals surface area contributed by atoms with Crippen LogP contribution in [0.1, 0.15) is 17.5 Å². The number of halogens is 7. The van der Waals surface area contributed by atoms with Gasteiger partial charge in [-0.05, 0) is 24.1 Å². The number of aliphatic imine (C=N–C) groups is 1. The third-order valence-electron chi connectivity index (χ3n) is 4.06. The van der Waals surface area contributed by atoms with Gasteiger partial charge in [-0.2, -0.15) is 26.3 Å². The molecule has 1 heterocycles. The van der Waals surface area contributed by atoms with E-state index in [0.29, 0.717) is 12.5 Å². The number of guanidine groups is 1. The summed E-state index contributed by atoms with van der Waals surface area (Å²) < 4.78 is 89.4. The first-order valence-electron chi connectivity index (χ1n) is 8.10. The van der Waals surface area contributed by atoms with E-state index in [0.717, 1.165) is 12.1 Å². The molecular formula is C16H19F7N4. The summed E-state index contributed by atoms with van der Waals surface area (Å²) in [5.41, 5.74) is -1.26. The summed E-state index contributed by atoms with van der Waals surface area (Å²) in [6, 6.07) is 2.06. The molecule has 1 fully saturated rings. The highest BCUT2D eigenvalue weighted by Gasteiger charge is 2.35. The molecule has 0 amide bonds. The van der Waals surface area contributed by atoms with E-state index in [1.807, 2.05) is 0 Å². The Labute approximate surface area is 151 Å². The van der Waals surface area contributed by atoms with Crippen molar-refractivity contribution in [3.05, 3.63) is 35.1 Å². The van der Waals surface area contributed by atoms with E-state index >= 15 is 0 Å². The van der Waals surface area contributed by atoms with Crippen LogP contribution < -0.4 is 10.6 Å². The number of nitrogens with one attached hydrogen (secondary N) is 2. The Bertz CT molecular complexity index is 670. The molecule has 1 atom stereocenters. The minimum atomic E-state index is -4.71. The predicted molar refractivity (Wildman–Crippen MR) is 85.6 cm³/mol. The highest BCUT2D eigenvalue weighted by atomic mass is 19.4. The van der Waals surface area contributed by atoms with E-state index in [2.05, 4.69) is 15.6 Å². The van der Waals surface area contributed by atoms with Crippen LogP contribution in [-0.2, 0) is 12.7 Å². The van der Waals surface area contributed by atoms with Gasteiger partial charge in [0.15, 0.2) is 5.96 Å². The van der Waals surface area contributed by atoms with Crippen LogP contribution in [0.25, 0.3) is 0 Å². The summed E-state index contributed by atoms with van der Waals surface area (Å²) >= 11 is 0. The fourth-order valence-corrected chi connectivity index (χ4v) is 2.88. The third-order valence-corrected chi connectivity index (χ3v) is 4.06. The number of alkyl halides is 6. The number of likely N-dealkylation sites (tertiary alicyclic amines) is 1. The largest absolute Gasteiger partial charge is 0.416 e. The van der Waals surface area contributed by atoms with Crippen molar-refractivity contribution in [1.29, 1.82) is 0 Å². The monoisotopic (exact) mass is 400 g/mol. The van der Waals surface area contributed by atoms with Gasteiger partial charge in [-0.1, -0.05) is 6.07 Å². The van der Waals surface area contributed by atoms with Gasteiger partial charge < -0.3 is 10.6 Å². The zero-order valence-electron chi connectivity index (χ0n) is 14.4. The lowest BCUT2D eigenvalue weighted by Gasteiger charge is -2.20. The molecule has 1 aliphatic heterocycles. The van der Waals surface area contributed by atoms with Crippen molar-refractivity contribution < 1.29 is 30.7 Å². The van der Waals surface area contributed by atoms with Crippen LogP contribution >= 0.6 is 0 Å². The SMILES string of the molecule is CN=C(NCc1ccc(F)cc1C(F)(F)F)NC1CCN(CC(F)(F)F)C1. The normalized spacial score (nSPS) is 19.4. The van der Waals surface area contributed by atoms with Crippen LogP contribution in [0.2, 0.25) is 0 Å². The molecule has 0 aromatic heterocycles. The summed E-state index contributed by atoms with van der Waals surface area (Å²) in [6.07, 6.45) is -8.55. The maximum Gasteiger partial charge on any atom is 0.416 e. The summed E-state index contributed by atoms with van der Waals surface area (Å²) in [6.45, 7) is -0.884. The van der Waals surface area contributed by atoms with Crippen molar-refractivity contribution in [3.8, 4) is 0 Å². The number of benzene rings is 1. The molecule has 11 heteroatoms. The standard InChI is InChI=1S/C16H19F7N4/c1-24-14(26-12-4-5-27(8-12)9-15(18,19)20)25-7-10-2-3-11(17)6-13(10)16(21,22)23/h2-3,6,12H,4-5,7-9H2,1H3,(H2,24,25,26). The van der Waals surface area contributed by atoms with E-state index in [4.69, 9.17) is 0 Å². The molecule has 1 aromatic carbocycles. The zero-order chi connectivity index (χ0) is 20.2. The minimum Gasteiger partial charge on any atom is -0.352 e. The van der Waals surface area contributed by atoms with E-state index < -0.39 is 30.3 Å². The minimum absolute atomic E-state index is 0.143. The lowest BCUT2D eigenvalue weighted by atomic mass is 10.1. The van der Waals surface area contributed by atoms with E-state index in [1.165, 1.54) is 11.9 Å². The Hall–Kier alpha value is -2.04. The van der Waals surface area contributed by atoms with Crippen LogP contribution in [0.15, 0.2) is 23.2 Å². The van der Waals surface area contributed by atoms with Gasteiger partial charge in [-0.15, -0.1) is 0 Å². The summed E-state index contributed by atoms with van der Waals surface area (Å²) in [4.78, 5) is 5.12. The Balaban J connectivity index is 1.94. The van der Waals surface area contributed by atoms with Gasteiger partial charge in [0, 0.05) is 32.7 Å². The molecule has 1 unspecified atom stereocenters. The Morgan fingerprint density at radius 2 is 1.93 bits per heavy atom. The average molecular weight is 400 g/mol. The molecule has 4 nitrogen and oxygen atoms in total. The van der Waals surface area contributed by atoms with Gasteiger partial charge in [0.05, 0.1) is 12.1 Å². The molecule has 1 aromatic rings. The molecule has 2 rings (SSSR count). The zero-order valence-corrected chi connectivity index (χ0v) is 14.4. The highest BCUT2D eigenvalue weighted by Crippen LogP contribution is 2.32. The van der Waals surface area contributed by atoms with Gasteiger partial charge >= 0.3 is 12.4 Å². The molecule has 1 aliphatic rings. The van der Waals surface area contributed by atoms with Crippen LogP contribution in [0, 0.1) is 5.82 Å². The van der Waals surface area contributed by atoms with Crippen molar-refractivity contribution in [2.75, 3.05) is 26.7 Å². The van der Waals surface area contributed by atoms with Crippen LogP contribution in [-0.4, -0.2) is 49.8 Å². The quantitative estimate of drug-likeness (QED) is 0.464. The fraction of sp³-hybridized carbons (Fsp3) is 0.562. The topological polar surface area (TPSA) is 39.7 Å². The molecule has 1 saturated heterocycles. The predicted octanol–water partition coefficient (Wildman–Crippen LogP) is 3.15. The van der Waals surface area contributed by atoms with E-state index in [-0.39, 0.29) is 37.2 Å². The van der Waals surface area contributed by atoms with Crippen molar-refractivity contribution in [2.45, 2.75) is 31.4 Å². The smallest absolute Gasteiger partial charge is 0.352 e. The molecule has 0 spiro atoms. The molecular weight excluding hydrogens is 381 g/mol. The molecule has 0 bridgehead atoms. The van der Waals surface area contributed by atoms with Crippen molar-refractivity contribution in [3.63, 3.8) is 0 Å². The number of hydrogen-bond acceptors (Lipinski definition) is 2. The molecule has 152 valence electrons. The first kappa shape index (κ1) is 21.3. The lowest BCUT2D eigenvalue weighted by Crippen LogP contribution is -2.45. The highest BCUT2D eigenvalue weighted by molar-refractivity contribution is 5.80. The second-order valence-electron chi connectivity index (χ2n) is 6.21. The van der Waals surface area contributed by atoms with Crippen LogP contribution in [0.3, 0.4) is 0 Å². The summed E-state index contributed by atoms with van der Waals surface area (Å²) in [5.74, 6) is -0.837. The van der Waals surface area contributed by atoms with Gasteiger partial charge in [-0.25, -0.2) is 4.39 Å². The maximum atomic E-state index is 13.1. The average Bonchev–Trinajstić information content (AvgIpc) is 2.96. The second kappa shape index (κ2) is 8.32. The number of hydrogen-bond donors (Lipinski definition) is 2. The van der Waals surface area contributed by atoms with E-state index in [1.54, 1.807) is 0 Å². The van der Waals surface area contributed by atoms with Gasteiger partial charge in [0.1, 0.15) is 5.82 Å².